The number of oxazole rings is 1. The van der Waals surface area contributed by atoms with E-state index in [1.165, 1.54) is 0 Å². The maximum absolute atomic E-state index is 12.8. The van der Waals surface area contributed by atoms with Crippen molar-refractivity contribution in [3.05, 3.63) is 58.6 Å². The van der Waals surface area contributed by atoms with E-state index in [2.05, 4.69) is 19.2 Å². The number of piperidine rings is 1. The van der Waals surface area contributed by atoms with Crippen LogP contribution >= 0.6 is 0 Å². The van der Waals surface area contributed by atoms with Gasteiger partial charge in [0.1, 0.15) is 5.75 Å². The average molecular weight is 495 g/mol. The third-order valence-electron chi connectivity index (χ3n) is 6.66. The van der Waals surface area contributed by atoms with E-state index in [0.717, 1.165) is 19.3 Å². The summed E-state index contributed by atoms with van der Waals surface area (Å²) in [5.41, 5.74) is 2.11. The zero-order valence-electron chi connectivity index (χ0n) is 21.3. The lowest BCUT2D eigenvalue weighted by Gasteiger charge is -2.38. The summed E-state index contributed by atoms with van der Waals surface area (Å²) < 4.78 is 12.6. The highest BCUT2D eigenvalue weighted by Crippen LogP contribution is 2.23. The summed E-state index contributed by atoms with van der Waals surface area (Å²) in [5, 5.41) is 2.87. The van der Waals surface area contributed by atoms with Gasteiger partial charge in [0.2, 0.25) is 0 Å². The Labute approximate surface area is 210 Å². The number of hydrogen-bond donors (Lipinski definition) is 1. The molecule has 0 saturated carbocycles. The third kappa shape index (κ3) is 5.79. The van der Waals surface area contributed by atoms with Crippen LogP contribution in [-0.4, -0.2) is 65.5 Å². The lowest BCUT2D eigenvalue weighted by atomic mass is 9.97. The number of ether oxygens (including phenoxy) is 1. The van der Waals surface area contributed by atoms with Gasteiger partial charge >= 0.3 is 5.76 Å². The average Bonchev–Trinajstić information content (AvgIpc) is 3.15. The van der Waals surface area contributed by atoms with Crippen LogP contribution in [0.2, 0.25) is 0 Å². The number of fused-ring (bicyclic) bond motifs is 1. The van der Waals surface area contributed by atoms with Crippen molar-refractivity contribution in [1.82, 2.24) is 14.4 Å². The number of nitrogens with one attached hydrogen (secondary N) is 1. The summed E-state index contributed by atoms with van der Waals surface area (Å²) in [5.74, 6) is -0.204. The molecule has 0 spiro atoms. The van der Waals surface area contributed by atoms with E-state index in [0.29, 0.717) is 41.2 Å². The molecule has 9 nitrogen and oxygen atoms in total. The van der Waals surface area contributed by atoms with Gasteiger partial charge in [0.15, 0.2) is 12.2 Å². The Morgan fingerprint density at radius 3 is 2.44 bits per heavy atom. The number of anilines is 1. The normalized spacial score (nSPS) is 18.0. The van der Waals surface area contributed by atoms with Crippen LogP contribution in [0.5, 0.6) is 5.75 Å². The molecule has 1 N–H and O–H groups in total. The van der Waals surface area contributed by atoms with Crippen LogP contribution in [0.25, 0.3) is 11.1 Å². The molecule has 2 heterocycles. The minimum absolute atomic E-state index is 0.0183. The van der Waals surface area contributed by atoms with Crippen molar-refractivity contribution in [3.63, 3.8) is 0 Å². The lowest BCUT2D eigenvalue weighted by molar-refractivity contribution is -0.139. The highest BCUT2D eigenvalue weighted by atomic mass is 16.5. The highest BCUT2D eigenvalue weighted by Gasteiger charge is 2.29. The molecule has 4 rings (SSSR count). The fourth-order valence-electron chi connectivity index (χ4n) is 4.69. The van der Waals surface area contributed by atoms with Crippen molar-refractivity contribution in [2.24, 2.45) is 0 Å². The molecule has 1 aliphatic rings. The van der Waals surface area contributed by atoms with Crippen LogP contribution in [0.3, 0.4) is 0 Å². The number of benzene rings is 2. The molecular weight excluding hydrogens is 460 g/mol. The smallest absolute Gasteiger partial charge is 0.419 e. The Balaban J connectivity index is 1.38. The topological polar surface area (TPSA) is 97.0 Å². The van der Waals surface area contributed by atoms with Gasteiger partial charge in [0, 0.05) is 36.4 Å². The Morgan fingerprint density at radius 2 is 1.78 bits per heavy atom. The maximum atomic E-state index is 12.8. The molecule has 192 valence electrons. The third-order valence-corrected chi connectivity index (χ3v) is 6.66. The molecule has 1 saturated heterocycles. The number of amides is 2. The summed E-state index contributed by atoms with van der Waals surface area (Å²) in [4.78, 5) is 41.6. The Morgan fingerprint density at radius 1 is 1.08 bits per heavy atom. The van der Waals surface area contributed by atoms with Crippen molar-refractivity contribution in [3.8, 4) is 5.75 Å². The summed E-state index contributed by atoms with van der Waals surface area (Å²) >= 11 is 0. The lowest BCUT2D eigenvalue weighted by Crippen LogP contribution is -2.49. The highest BCUT2D eigenvalue weighted by molar-refractivity contribution is 6.05. The van der Waals surface area contributed by atoms with Gasteiger partial charge in [-0.3, -0.25) is 14.2 Å². The van der Waals surface area contributed by atoms with E-state index in [4.69, 9.17) is 9.15 Å². The maximum Gasteiger partial charge on any atom is 0.419 e. The first-order valence-corrected chi connectivity index (χ1v) is 12.4. The number of hydrogen-bond acceptors (Lipinski definition) is 6. The standard InChI is InChI=1S/C27H34N4O5/c1-18-6-5-7-19(2)31(18)25(32)17-35-22-11-8-20(9-12-22)26(33)28-21-10-13-24-23(16-21)30(27(34)36-24)15-14-29(3)4/h8-13,16,18-19H,5-7,14-15,17H2,1-4H3,(H,28,33). The molecule has 2 atom stereocenters. The minimum Gasteiger partial charge on any atom is -0.484 e. The fraction of sp³-hybridized carbons (Fsp3) is 0.444. The van der Waals surface area contributed by atoms with Gasteiger partial charge in [0.25, 0.3) is 11.8 Å². The molecule has 36 heavy (non-hydrogen) atoms. The Hall–Kier alpha value is -3.59. The number of carbonyl (C=O) groups excluding carboxylic acids is 2. The number of rotatable bonds is 8. The molecule has 2 unspecified atom stereocenters. The van der Waals surface area contributed by atoms with Gasteiger partial charge in [-0.15, -0.1) is 0 Å². The largest absolute Gasteiger partial charge is 0.484 e. The summed E-state index contributed by atoms with van der Waals surface area (Å²) in [6.45, 7) is 5.29. The minimum atomic E-state index is -0.423. The molecular formula is C27H34N4O5. The molecule has 9 heteroatoms. The predicted octanol–water partition coefficient (Wildman–Crippen LogP) is 3.58. The second kappa shape index (κ2) is 11.0. The molecule has 0 aliphatic carbocycles. The molecule has 1 aromatic heterocycles. The zero-order chi connectivity index (χ0) is 25.8. The van der Waals surface area contributed by atoms with Crippen molar-refractivity contribution in [1.29, 1.82) is 0 Å². The van der Waals surface area contributed by atoms with E-state index in [9.17, 15) is 14.4 Å². The van der Waals surface area contributed by atoms with Gasteiger partial charge in [-0.25, -0.2) is 4.79 Å². The van der Waals surface area contributed by atoms with Crippen LogP contribution in [0, 0.1) is 0 Å². The number of likely N-dealkylation sites (tertiary alicyclic amines) is 1. The van der Waals surface area contributed by atoms with Gasteiger partial charge in [0.05, 0.1) is 5.52 Å². The SMILES string of the molecule is CC1CCCC(C)N1C(=O)COc1ccc(C(=O)Nc2ccc3oc(=O)n(CCN(C)C)c3c2)cc1. The first-order chi connectivity index (χ1) is 17.2. The van der Waals surface area contributed by atoms with Crippen LogP contribution in [0.1, 0.15) is 43.5 Å². The van der Waals surface area contributed by atoms with E-state index >= 15 is 0 Å². The Kier molecular flexibility index (Phi) is 7.79. The van der Waals surface area contributed by atoms with Gasteiger partial charge in [-0.05, 0) is 89.7 Å². The van der Waals surface area contributed by atoms with Crippen molar-refractivity contribution in [2.45, 2.75) is 51.7 Å². The van der Waals surface area contributed by atoms with Gasteiger partial charge in [-0.1, -0.05) is 0 Å². The summed E-state index contributed by atoms with van der Waals surface area (Å²) in [6, 6.07) is 12.2. The predicted molar refractivity (Wildman–Crippen MR) is 139 cm³/mol. The van der Waals surface area contributed by atoms with E-state index in [1.807, 2.05) is 23.9 Å². The zero-order valence-corrected chi connectivity index (χ0v) is 21.3. The fourth-order valence-corrected chi connectivity index (χ4v) is 4.69. The summed E-state index contributed by atoms with van der Waals surface area (Å²) in [6.07, 6.45) is 3.17. The number of likely N-dealkylation sites (N-methyl/N-ethyl adjacent to an activating group) is 1. The Bertz CT molecular complexity index is 1270. The first kappa shape index (κ1) is 25.5. The van der Waals surface area contributed by atoms with E-state index in [1.54, 1.807) is 47.0 Å². The summed E-state index contributed by atoms with van der Waals surface area (Å²) in [7, 11) is 3.87. The monoisotopic (exact) mass is 494 g/mol. The molecule has 2 aromatic carbocycles. The van der Waals surface area contributed by atoms with E-state index in [-0.39, 0.29) is 30.5 Å². The molecule has 0 bridgehead atoms. The van der Waals surface area contributed by atoms with Crippen LogP contribution in [-0.2, 0) is 11.3 Å². The second-order valence-electron chi connectivity index (χ2n) is 9.70. The van der Waals surface area contributed by atoms with Crippen LogP contribution in [0.4, 0.5) is 5.69 Å². The van der Waals surface area contributed by atoms with Crippen molar-refractivity contribution < 1.29 is 18.7 Å². The van der Waals surface area contributed by atoms with Gasteiger partial charge < -0.3 is 24.3 Å². The quantitative estimate of drug-likeness (QED) is 0.514. The first-order valence-electron chi connectivity index (χ1n) is 12.4. The molecule has 0 radical (unpaired) electrons. The molecule has 2 amide bonds. The van der Waals surface area contributed by atoms with Crippen molar-refractivity contribution in [2.75, 3.05) is 32.6 Å². The number of carbonyl (C=O) groups is 2. The number of nitrogens with zero attached hydrogens (tertiary/aromatic N) is 3. The molecule has 1 fully saturated rings. The van der Waals surface area contributed by atoms with Gasteiger partial charge in [-0.2, -0.15) is 0 Å². The number of aromatic nitrogens is 1. The molecule has 3 aromatic rings. The molecule has 1 aliphatic heterocycles. The van der Waals surface area contributed by atoms with Crippen molar-refractivity contribution >= 4 is 28.6 Å². The second-order valence-corrected chi connectivity index (χ2v) is 9.70. The van der Waals surface area contributed by atoms with Crippen LogP contribution < -0.4 is 15.8 Å². The van der Waals surface area contributed by atoms with Crippen LogP contribution in [0.15, 0.2) is 51.7 Å². The van der Waals surface area contributed by atoms with E-state index < -0.39 is 5.76 Å².